The van der Waals surface area contributed by atoms with Gasteiger partial charge in [0.1, 0.15) is 12.7 Å². The van der Waals surface area contributed by atoms with E-state index in [2.05, 4.69) is 0 Å². The molecule has 1 saturated carbocycles. The summed E-state index contributed by atoms with van der Waals surface area (Å²) in [4.78, 5) is 13.4. The monoisotopic (exact) mass is 557 g/mol. The summed E-state index contributed by atoms with van der Waals surface area (Å²) in [6.07, 6.45) is -7.99. The Balaban J connectivity index is 1.29. The number of aliphatic carboxylic acids is 1. The second-order valence-electron chi connectivity index (χ2n) is 10.9. The van der Waals surface area contributed by atoms with Gasteiger partial charge >= 0.3 is 18.3 Å². The second-order valence-corrected chi connectivity index (χ2v) is 10.9. The molecule has 39 heavy (non-hydrogen) atoms. The van der Waals surface area contributed by atoms with Crippen LogP contribution in [-0.2, 0) is 17.1 Å². The first-order chi connectivity index (χ1) is 18.2. The van der Waals surface area contributed by atoms with Gasteiger partial charge in [0.05, 0.1) is 17.0 Å². The van der Waals surface area contributed by atoms with Crippen LogP contribution in [0.5, 0.6) is 11.5 Å². The normalized spacial score (nSPS) is 22.6. The summed E-state index contributed by atoms with van der Waals surface area (Å²) >= 11 is 0. The lowest BCUT2D eigenvalue weighted by atomic mass is 9.83. The summed E-state index contributed by atoms with van der Waals surface area (Å²) in [5.41, 5.74) is -1.74. The highest BCUT2D eigenvalue weighted by Gasteiger charge is 2.44. The van der Waals surface area contributed by atoms with Crippen LogP contribution in [0, 0.1) is 17.8 Å². The van der Waals surface area contributed by atoms with E-state index in [1.807, 2.05) is 12.1 Å². The number of hydrogen-bond acceptors (Lipinski definition) is 4. The molecule has 0 amide bonds. The highest BCUT2D eigenvalue weighted by Crippen LogP contribution is 2.49. The SMILES string of the molecule is C[C@H](C(=O)O)[C@H](c1ccc2c(c1)O[C@H](C1CN([C@@H](C)c3cc(C(F)(F)F)ccc3C(F)(F)F)C1)CO2)C1CC1. The van der Waals surface area contributed by atoms with Crippen molar-refractivity contribution in [2.24, 2.45) is 17.8 Å². The second kappa shape index (κ2) is 9.91. The maximum Gasteiger partial charge on any atom is 0.416 e. The van der Waals surface area contributed by atoms with Crippen LogP contribution in [0.15, 0.2) is 36.4 Å². The molecule has 0 unspecified atom stereocenters. The van der Waals surface area contributed by atoms with Gasteiger partial charge in [-0.2, -0.15) is 26.3 Å². The number of carboxylic acids is 1. The van der Waals surface area contributed by atoms with Crippen molar-refractivity contribution in [2.75, 3.05) is 19.7 Å². The lowest BCUT2D eigenvalue weighted by molar-refractivity contribution is -0.142. The number of hydrogen-bond donors (Lipinski definition) is 1. The van der Waals surface area contributed by atoms with Gasteiger partial charge in [-0.15, -0.1) is 0 Å². The van der Waals surface area contributed by atoms with Crippen molar-refractivity contribution in [1.29, 1.82) is 0 Å². The van der Waals surface area contributed by atoms with E-state index >= 15 is 0 Å². The number of benzene rings is 2. The minimum Gasteiger partial charge on any atom is -0.486 e. The number of nitrogens with zero attached hydrogens (tertiary/aromatic N) is 1. The van der Waals surface area contributed by atoms with Crippen LogP contribution in [0.2, 0.25) is 0 Å². The molecule has 0 aromatic heterocycles. The summed E-state index contributed by atoms with van der Waals surface area (Å²) < 4.78 is 92.6. The van der Waals surface area contributed by atoms with Gasteiger partial charge < -0.3 is 14.6 Å². The van der Waals surface area contributed by atoms with Gasteiger partial charge in [-0.1, -0.05) is 13.0 Å². The largest absolute Gasteiger partial charge is 0.486 e. The molecule has 0 bridgehead atoms. The Hall–Kier alpha value is -2.95. The Morgan fingerprint density at radius 2 is 1.67 bits per heavy atom. The van der Waals surface area contributed by atoms with Gasteiger partial charge in [0, 0.05) is 25.0 Å². The molecule has 0 radical (unpaired) electrons. The van der Waals surface area contributed by atoms with Gasteiger partial charge in [0.2, 0.25) is 0 Å². The van der Waals surface area contributed by atoms with Crippen LogP contribution in [0.4, 0.5) is 26.3 Å². The predicted octanol–water partition coefficient (Wildman–Crippen LogP) is 6.77. The first-order valence-electron chi connectivity index (χ1n) is 12.9. The molecule has 1 N–H and O–H groups in total. The standard InChI is InChI=1S/C28H29F6NO4/c1-14(26(36)37)25(16-3-4-16)17-5-8-22-23(9-17)39-24(13-38-22)18-11-35(12-18)15(2)20-10-19(27(29,30)31)6-7-21(20)28(32,33)34/h5-10,14-16,18,24-25H,3-4,11-13H2,1-2H3,(H,36,37)/t14-,15-,24-,25-/m0/s1. The molecule has 3 aliphatic rings. The van der Waals surface area contributed by atoms with Crippen LogP contribution in [0.3, 0.4) is 0 Å². The van der Waals surface area contributed by atoms with E-state index in [0.717, 1.165) is 18.4 Å². The smallest absolute Gasteiger partial charge is 0.416 e. The fraction of sp³-hybridized carbons (Fsp3) is 0.536. The highest BCUT2D eigenvalue weighted by atomic mass is 19.4. The molecule has 4 atom stereocenters. The van der Waals surface area contributed by atoms with Crippen LogP contribution in [0.1, 0.15) is 60.9 Å². The molecule has 11 heteroatoms. The molecular weight excluding hydrogens is 528 g/mol. The molecule has 5 nitrogen and oxygen atoms in total. The van der Waals surface area contributed by atoms with Crippen molar-refractivity contribution < 1.29 is 45.7 Å². The Morgan fingerprint density at radius 1 is 0.974 bits per heavy atom. The van der Waals surface area contributed by atoms with Gasteiger partial charge in [0.15, 0.2) is 11.5 Å². The fourth-order valence-corrected chi connectivity index (χ4v) is 5.76. The van der Waals surface area contributed by atoms with Crippen molar-refractivity contribution in [3.63, 3.8) is 0 Å². The lowest BCUT2D eigenvalue weighted by Gasteiger charge is -2.47. The average molecular weight is 558 g/mol. The number of carbonyl (C=O) groups is 1. The zero-order valence-corrected chi connectivity index (χ0v) is 21.4. The van der Waals surface area contributed by atoms with E-state index in [-0.39, 0.29) is 18.4 Å². The summed E-state index contributed by atoms with van der Waals surface area (Å²) in [5.74, 6) is -0.332. The third-order valence-electron chi connectivity index (χ3n) is 8.24. The molecule has 5 rings (SSSR count). The molecule has 2 aliphatic heterocycles. The van der Waals surface area contributed by atoms with Crippen LogP contribution < -0.4 is 9.47 Å². The Morgan fingerprint density at radius 3 is 2.26 bits per heavy atom. The number of carboxylic acid groups (broad SMARTS) is 1. The van der Waals surface area contributed by atoms with Crippen LogP contribution in [-0.4, -0.2) is 41.8 Å². The number of alkyl halides is 6. The third-order valence-corrected chi connectivity index (χ3v) is 8.24. The van der Waals surface area contributed by atoms with E-state index < -0.39 is 53.1 Å². The average Bonchev–Trinajstić information content (AvgIpc) is 3.66. The summed E-state index contributed by atoms with van der Waals surface area (Å²) in [6, 6.07) is 6.12. The van der Waals surface area contributed by atoms with Gasteiger partial charge in [-0.25, -0.2) is 0 Å². The van der Waals surface area contributed by atoms with Gasteiger partial charge in [-0.05, 0) is 73.1 Å². The van der Waals surface area contributed by atoms with Crippen molar-refractivity contribution >= 4 is 5.97 Å². The van der Waals surface area contributed by atoms with Crippen LogP contribution in [0.25, 0.3) is 0 Å². The molecule has 2 aromatic rings. The molecule has 1 aliphatic carbocycles. The summed E-state index contributed by atoms with van der Waals surface area (Å²) in [7, 11) is 0. The van der Waals surface area contributed by atoms with Crippen molar-refractivity contribution in [2.45, 2.75) is 57.1 Å². The highest BCUT2D eigenvalue weighted by molar-refractivity contribution is 5.71. The van der Waals surface area contributed by atoms with E-state index in [1.165, 1.54) is 6.92 Å². The maximum absolute atomic E-state index is 13.6. The maximum atomic E-state index is 13.6. The van der Waals surface area contributed by atoms with E-state index in [0.29, 0.717) is 48.7 Å². The molecule has 0 spiro atoms. The number of fused-ring (bicyclic) bond motifs is 1. The van der Waals surface area contributed by atoms with Gasteiger partial charge in [-0.3, -0.25) is 9.69 Å². The van der Waals surface area contributed by atoms with Gasteiger partial charge in [0.25, 0.3) is 0 Å². The minimum absolute atomic E-state index is 0.0958. The Labute approximate surface area is 221 Å². The van der Waals surface area contributed by atoms with E-state index in [9.17, 15) is 36.2 Å². The fourth-order valence-electron chi connectivity index (χ4n) is 5.76. The predicted molar refractivity (Wildman–Crippen MR) is 129 cm³/mol. The summed E-state index contributed by atoms with van der Waals surface area (Å²) in [6.45, 7) is 4.07. The molecular formula is C28H29F6NO4. The van der Waals surface area contributed by atoms with E-state index in [4.69, 9.17) is 9.47 Å². The molecule has 2 aromatic carbocycles. The zero-order chi connectivity index (χ0) is 28.3. The molecule has 2 heterocycles. The Bertz CT molecular complexity index is 1240. The van der Waals surface area contributed by atoms with E-state index in [1.54, 1.807) is 17.9 Å². The quantitative estimate of drug-likeness (QED) is 0.381. The first kappa shape index (κ1) is 27.6. The number of ether oxygens (including phenoxy) is 2. The molecule has 1 saturated heterocycles. The van der Waals surface area contributed by atoms with Crippen molar-refractivity contribution in [3.8, 4) is 11.5 Å². The number of rotatable bonds is 7. The van der Waals surface area contributed by atoms with Crippen molar-refractivity contribution in [1.82, 2.24) is 4.90 Å². The number of likely N-dealkylation sites (tertiary alicyclic amines) is 1. The number of halogens is 6. The summed E-state index contributed by atoms with van der Waals surface area (Å²) in [5, 5.41) is 9.57. The van der Waals surface area contributed by atoms with Crippen LogP contribution >= 0.6 is 0 Å². The Kier molecular flexibility index (Phi) is 7.01. The lowest BCUT2D eigenvalue weighted by Crippen LogP contribution is -2.56. The topological polar surface area (TPSA) is 59.0 Å². The zero-order valence-electron chi connectivity index (χ0n) is 21.4. The minimum atomic E-state index is -4.78. The first-order valence-corrected chi connectivity index (χ1v) is 12.9. The third kappa shape index (κ3) is 5.55. The molecule has 2 fully saturated rings. The van der Waals surface area contributed by atoms with Crippen molar-refractivity contribution in [3.05, 3.63) is 58.7 Å². The molecule has 212 valence electrons.